The molecule has 4 rings (SSSR count). The van der Waals surface area contributed by atoms with E-state index in [1.54, 1.807) is 27.1 Å². The van der Waals surface area contributed by atoms with Crippen molar-refractivity contribution in [3.63, 3.8) is 0 Å². The van der Waals surface area contributed by atoms with Crippen LogP contribution in [0, 0.1) is 0 Å². The highest BCUT2D eigenvalue weighted by Gasteiger charge is 2.23. The molecule has 4 heterocycles. The summed E-state index contributed by atoms with van der Waals surface area (Å²) in [6.07, 6.45) is 2.15. The van der Waals surface area contributed by atoms with Gasteiger partial charge in [-0.05, 0) is 18.5 Å². The Kier molecular flexibility index (Phi) is 3.34. The zero-order valence-corrected chi connectivity index (χ0v) is 12.8. The summed E-state index contributed by atoms with van der Waals surface area (Å²) in [5.74, 6) is 0. The first-order chi connectivity index (χ1) is 10.7. The number of carbonyl (C=O) groups excluding carboxylic acids is 1. The molecule has 1 saturated heterocycles. The molecular weight excluding hydrogens is 304 g/mol. The highest BCUT2D eigenvalue weighted by molar-refractivity contribution is 7.18. The van der Waals surface area contributed by atoms with Crippen molar-refractivity contribution in [3.05, 3.63) is 27.1 Å². The summed E-state index contributed by atoms with van der Waals surface area (Å²) in [7, 11) is 0. The number of ether oxygens (including phenoxy) is 1. The maximum Gasteiger partial charge on any atom is 0.410 e. The van der Waals surface area contributed by atoms with Gasteiger partial charge in [0.15, 0.2) is 0 Å². The molecule has 2 aliphatic rings. The molecule has 0 unspecified atom stereocenters. The molecule has 0 aromatic carbocycles. The van der Waals surface area contributed by atoms with Gasteiger partial charge in [-0.3, -0.25) is 9.36 Å². The fraction of sp³-hybridized carbons (Fsp3) is 0.500. The van der Waals surface area contributed by atoms with Crippen molar-refractivity contribution >= 4 is 27.6 Å². The average molecular weight is 320 g/mol. The summed E-state index contributed by atoms with van der Waals surface area (Å²) in [6, 6.07) is 0. The fourth-order valence-corrected chi connectivity index (χ4v) is 4.11. The quantitative estimate of drug-likeness (QED) is 0.894. The van der Waals surface area contributed by atoms with Crippen molar-refractivity contribution in [2.24, 2.45) is 0 Å². The van der Waals surface area contributed by atoms with Crippen LogP contribution in [0.3, 0.4) is 0 Å². The van der Waals surface area contributed by atoms with Gasteiger partial charge in [-0.25, -0.2) is 9.78 Å². The molecular formula is C14H16N4O3S. The number of hydrogen-bond acceptors (Lipinski definition) is 6. The van der Waals surface area contributed by atoms with Crippen LogP contribution >= 0.6 is 11.3 Å². The monoisotopic (exact) mass is 320 g/mol. The summed E-state index contributed by atoms with van der Waals surface area (Å²) in [4.78, 5) is 32.2. The van der Waals surface area contributed by atoms with Crippen LogP contribution in [0.15, 0.2) is 11.1 Å². The number of nitrogens with zero attached hydrogens (tertiary/aromatic N) is 3. The topological polar surface area (TPSA) is 76.5 Å². The third-order valence-electron chi connectivity index (χ3n) is 4.15. The molecule has 2 aromatic heterocycles. The van der Waals surface area contributed by atoms with E-state index >= 15 is 0 Å². The molecule has 0 saturated carbocycles. The second-order valence-electron chi connectivity index (χ2n) is 5.46. The van der Waals surface area contributed by atoms with Gasteiger partial charge in [-0.2, -0.15) is 0 Å². The minimum Gasteiger partial charge on any atom is -0.448 e. The smallest absolute Gasteiger partial charge is 0.410 e. The highest BCUT2D eigenvalue weighted by Crippen LogP contribution is 2.29. The predicted molar refractivity (Wildman–Crippen MR) is 82.2 cm³/mol. The van der Waals surface area contributed by atoms with E-state index in [4.69, 9.17) is 4.74 Å². The lowest BCUT2D eigenvalue weighted by Gasteiger charge is -2.14. The highest BCUT2D eigenvalue weighted by atomic mass is 32.1. The van der Waals surface area contributed by atoms with Gasteiger partial charge in [-0.15, -0.1) is 11.3 Å². The molecule has 116 valence electrons. The van der Waals surface area contributed by atoms with Crippen LogP contribution < -0.4 is 10.9 Å². The van der Waals surface area contributed by atoms with Crippen LogP contribution in [-0.4, -0.2) is 46.8 Å². The first-order valence-corrected chi connectivity index (χ1v) is 8.18. The van der Waals surface area contributed by atoms with Gasteiger partial charge in [-0.1, -0.05) is 0 Å². The molecule has 0 radical (unpaired) electrons. The number of thiophene rings is 1. The number of fused-ring (bicyclic) bond motifs is 3. The Hall–Kier alpha value is -1.93. The van der Waals surface area contributed by atoms with E-state index in [9.17, 15) is 9.59 Å². The molecule has 0 atom stereocenters. The molecule has 2 aromatic rings. The largest absolute Gasteiger partial charge is 0.448 e. The van der Waals surface area contributed by atoms with Crippen molar-refractivity contribution in [2.45, 2.75) is 19.5 Å². The zero-order valence-electron chi connectivity index (χ0n) is 12.0. The Labute approximate surface area is 130 Å². The Morgan fingerprint density at radius 3 is 3.09 bits per heavy atom. The lowest BCUT2D eigenvalue weighted by atomic mass is 10.1. The standard InChI is InChI=1S/C14H16N4O3S/c19-13-11-9-1-2-15-7-10(9)22-12(11)16-8-18(13)4-3-17-5-6-21-14(17)20/h8,15H,1-7H2. The molecule has 1 fully saturated rings. The Bertz CT molecular complexity index is 797. The Balaban J connectivity index is 1.65. The van der Waals surface area contributed by atoms with E-state index in [0.717, 1.165) is 35.3 Å². The van der Waals surface area contributed by atoms with Crippen LogP contribution in [0.5, 0.6) is 0 Å². The van der Waals surface area contributed by atoms with Crippen LogP contribution in [0.1, 0.15) is 10.4 Å². The molecule has 0 spiro atoms. The van der Waals surface area contributed by atoms with E-state index < -0.39 is 0 Å². The first kappa shape index (κ1) is 13.7. The number of amides is 1. The van der Waals surface area contributed by atoms with E-state index in [-0.39, 0.29) is 11.7 Å². The average Bonchev–Trinajstić information content (AvgIpc) is 3.10. The van der Waals surface area contributed by atoms with Crippen molar-refractivity contribution in [3.8, 4) is 0 Å². The SMILES string of the molecule is O=C1OCCN1CCn1cnc2sc3c(c2c1=O)CCNC3. The van der Waals surface area contributed by atoms with Crippen LogP contribution in [0.25, 0.3) is 10.2 Å². The van der Waals surface area contributed by atoms with Gasteiger partial charge >= 0.3 is 6.09 Å². The molecule has 1 amide bonds. The molecule has 7 nitrogen and oxygen atoms in total. The van der Waals surface area contributed by atoms with Crippen LogP contribution in [0.2, 0.25) is 0 Å². The van der Waals surface area contributed by atoms with Gasteiger partial charge in [0, 0.05) is 24.5 Å². The van der Waals surface area contributed by atoms with Crippen LogP contribution in [0.4, 0.5) is 4.79 Å². The Morgan fingerprint density at radius 2 is 2.27 bits per heavy atom. The number of carbonyl (C=O) groups is 1. The maximum atomic E-state index is 12.7. The summed E-state index contributed by atoms with van der Waals surface area (Å²) >= 11 is 1.59. The molecule has 0 aliphatic carbocycles. The van der Waals surface area contributed by atoms with Crippen LogP contribution in [-0.2, 0) is 24.2 Å². The predicted octanol–water partition coefficient (Wildman–Crippen LogP) is 0.556. The number of hydrogen-bond donors (Lipinski definition) is 1. The van der Waals surface area contributed by atoms with Crippen molar-refractivity contribution in [2.75, 3.05) is 26.2 Å². The van der Waals surface area contributed by atoms with Gasteiger partial charge in [0.1, 0.15) is 11.4 Å². The molecule has 0 bridgehead atoms. The number of nitrogens with one attached hydrogen (secondary N) is 1. The first-order valence-electron chi connectivity index (χ1n) is 7.36. The third-order valence-corrected chi connectivity index (χ3v) is 5.29. The summed E-state index contributed by atoms with van der Waals surface area (Å²) in [5, 5.41) is 4.08. The lowest BCUT2D eigenvalue weighted by Crippen LogP contribution is -2.32. The van der Waals surface area contributed by atoms with Crippen molar-refractivity contribution < 1.29 is 9.53 Å². The lowest BCUT2D eigenvalue weighted by molar-refractivity contribution is 0.157. The maximum absolute atomic E-state index is 12.7. The van der Waals surface area contributed by atoms with Gasteiger partial charge in [0.05, 0.1) is 18.3 Å². The van der Waals surface area contributed by atoms with E-state index in [1.165, 1.54) is 4.88 Å². The molecule has 22 heavy (non-hydrogen) atoms. The summed E-state index contributed by atoms with van der Waals surface area (Å²) < 4.78 is 6.50. The van der Waals surface area contributed by atoms with Gasteiger partial charge in [0.25, 0.3) is 5.56 Å². The third kappa shape index (κ3) is 2.19. The van der Waals surface area contributed by atoms with Crippen molar-refractivity contribution in [1.29, 1.82) is 0 Å². The fourth-order valence-electron chi connectivity index (χ4n) is 2.97. The molecule has 8 heteroatoms. The normalized spacial score (nSPS) is 17.8. The van der Waals surface area contributed by atoms with E-state index in [2.05, 4.69) is 10.3 Å². The van der Waals surface area contributed by atoms with Gasteiger partial charge < -0.3 is 15.0 Å². The second kappa shape index (κ2) is 5.36. The minimum absolute atomic E-state index is 0.00281. The van der Waals surface area contributed by atoms with E-state index in [0.29, 0.717) is 26.2 Å². The minimum atomic E-state index is -0.305. The summed E-state index contributed by atoms with van der Waals surface area (Å²) in [6.45, 7) is 3.64. The number of rotatable bonds is 3. The summed E-state index contributed by atoms with van der Waals surface area (Å²) in [5.41, 5.74) is 1.14. The van der Waals surface area contributed by atoms with Crippen molar-refractivity contribution in [1.82, 2.24) is 19.8 Å². The van der Waals surface area contributed by atoms with Gasteiger partial charge in [0.2, 0.25) is 0 Å². The molecule has 1 N–H and O–H groups in total. The van der Waals surface area contributed by atoms with E-state index in [1.807, 2.05) is 0 Å². The molecule has 2 aliphatic heterocycles. The number of aromatic nitrogens is 2. The second-order valence-corrected chi connectivity index (χ2v) is 6.54. The zero-order chi connectivity index (χ0) is 15.1. The Morgan fingerprint density at radius 1 is 1.36 bits per heavy atom. The number of cyclic esters (lactones) is 1.